The van der Waals surface area contributed by atoms with E-state index in [9.17, 15) is 9.59 Å². The highest BCUT2D eigenvalue weighted by molar-refractivity contribution is 5.95. The minimum Gasteiger partial charge on any atom is -0.356 e. The lowest BCUT2D eigenvalue weighted by atomic mass is 10.0. The molecule has 0 aliphatic heterocycles. The molecule has 2 rings (SSSR count). The molecule has 0 bridgehead atoms. The van der Waals surface area contributed by atoms with E-state index in [0.717, 1.165) is 11.1 Å². The summed E-state index contributed by atoms with van der Waals surface area (Å²) in [6.45, 7) is 4.47. The predicted octanol–water partition coefficient (Wildman–Crippen LogP) is 3.69. The first-order valence-electron chi connectivity index (χ1n) is 10.3. The maximum atomic E-state index is 12.7. The highest BCUT2D eigenvalue weighted by Gasteiger charge is 2.14. The Balaban J connectivity index is 1.98. The number of benzene rings is 2. The molecule has 0 heterocycles. The van der Waals surface area contributed by atoms with Crippen LogP contribution in [0.5, 0.6) is 0 Å². The number of ether oxygens (including phenoxy) is 2. The summed E-state index contributed by atoms with van der Waals surface area (Å²) < 4.78 is 10.7. The molecule has 0 saturated carbocycles. The lowest BCUT2D eigenvalue weighted by molar-refractivity contribution is -0.125. The van der Waals surface area contributed by atoms with Crippen molar-refractivity contribution in [2.45, 2.75) is 32.7 Å². The van der Waals surface area contributed by atoms with Crippen molar-refractivity contribution in [2.75, 3.05) is 20.0 Å². The Morgan fingerprint density at radius 1 is 1.03 bits per heavy atom. The van der Waals surface area contributed by atoms with Gasteiger partial charge in [0.2, 0.25) is 0 Å². The van der Waals surface area contributed by atoms with E-state index in [2.05, 4.69) is 5.32 Å². The molecular formula is C24H30N2O5. The van der Waals surface area contributed by atoms with Crippen molar-refractivity contribution in [2.24, 2.45) is 0 Å². The number of hydroxylamine groups is 1. The number of rotatable bonds is 12. The van der Waals surface area contributed by atoms with E-state index < -0.39 is 5.91 Å². The smallest absolute Gasteiger partial charge is 0.269 e. The third-order valence-corrected chi connectivity index (χ3v) is 4.70. The van der Waals surface area contributed by atoms with Gasteiger partial charge < -0.3 is 14.8 Å². The highest BCUT2D eigenvalue weighted by atomic mass is 16.7. The van der Waals surface area contributed by atoms with Crippen LogP contribution in [0.15, 0.2) is 66.2 Å². The summed E-state index contributed by atoms with van der Waals surface area (Å²) >= 11 is 0. The Morgan fingerprint density at radius 3 is 2.35 bits per heavy atom. The molecule has 166 valence electrons. The Hall–Kier alpha value is -3.00. The molecule has 7 heteroatoms. The number of hydrogen-bond donors (Lipinski definition) is 3. The monoisotopic (exact) mass is 426 g/mol. The third-order valence-electron chi connectivity index (χ3n) is 4.70. The van der Waals surface area contributed by atoms with Crippen LogP contribution in [0.25, 0.3) is 11.1 Å². The van der Waals surface area contributed by atoms with Gasteiger partial charge in [-0.3, -0.25) is 14.8 Å². The summed E-state index contributed by atoms with van der Waals surface area (Å²) in [7, 11) is 0. The van der Waals surface area contributed by atoms with Crippen LogP contribution in [-0.4, -0.2) is 43.1 Å². The summed E-state index contributed by atoms with van der Waals surface area (Å²) in [6, 6.07) is 17.1. The number of carbonyl (C=O) groups is 2. The molecule has 2 aromatic rings. The van der Waals surface area contributed by atoms with Crippen molar-refractivity contribution in [1.82, 2.24) is 10.8 Å². The fourth-order valence-electron chi connectivity index (χ4n) is 2.93. The van der Waals surface area contributed by atoms with Gasteiger partial charge in [-0.15, -0.1) is 0 Å². The van der Waals surface area contributed by atoms with Crippen LogP contribution in [0, 0.1) is 0 Å². The van der Waals surface area contributed by atoms with E-state index in [0.29, 0.717) is 30.6 Å². The van der Waals surface area contributed by atoms with Crippen LogP contribution < -0.4 is 10.8 Å². The topological polar surface area (TPSA) is 96.9 Å². The van der Waals surface area contributed by atoms with E-state index in [-0.39, 0.29) is 25.3 Å². The summed E-state index contributed by atoms with van der Waals surface area (Å²) in [6.07, 6.45) is 2.81. The number of hydrogen-bond acceptors (Lipinski definition) is 5. The molecule has 31 heavy (non-hydrogen) atoms. The Morgan fingerprint density at radius 2 is 1.71 bits per heavy atom. The fraction of sp³-hybridized carbons (Fsp3) is 0.333. The van der Waals surface area contributed by atoms with Gasteiger partial charge in [-0.2, -0.15) is 0 Å². The Labute approximate surface area is 183 Å². The number of nitrogens with one attached hydrogen (secondary N) is 2. The Bertz CT molecular complexity index is 850. The second kappa shape index (κ2) is 13.3. The van der Waals surface area contributed by atoms with Crippen molar-refractivity contribution in [1.29, 1.82) is 0 Å². The minimum absolute atomic E-state index is 0.149. The van der Waals surface area contributed by atoms with Crippen LogP contribution in [0.1, 0.15) is 37.0 Å². The molecule has 0 aliphatic carbocycles. The lowest BCUT2D eigenvalue weighted by Gasteiger charge is -2.18. The maximum Gasteiger partial charge on any atom is 0.269 e. The highest BCUT2D eigenvalue weighted by Crippen LogP contribution is 2.19. The second-order valence-corrected chi connectivity index (χ2v) is 7.00. The van der Waals surface area contributed by atoms with Crippen molar-refractivity contribution in [3.05, 3.63) is 71.8 Å². The first kappa shape index (κ1) is 24.3. The van der Waals surface area contributed by atoms with E-state index in [1.165, 1.54) is 0 Å². The summed E-state index contributed by atoms with van der Waals surface area (Å²) in [5.74, 6) is -0.745. The zero-order valence-electron chi connectivity index (χ0n) is 18.0. The summed E-state index contributed by atoms with van der Waals surface area (Å²) in [4.78, 5) is 24.1. The molecule has 0 saturated heterocycles. The molecule has 7 nitrogen and oxygen atoms in total. The molecule has 0 radical (unpaired) electrons. The van der Waals surface area contributed by atoms with Crippen LogP contribution >= 0.6 is 0 Å². The van der Waals surface area contributed by atoms with Crippen LogP contribution in [-0.2, 0) is 14.3 Å². The average Bonchev–Trinajstić information content (AvgIpc) is 2.81. The summed E-state index contributed by atoms with van der Waals surface area (Å²) in [5.41, 5.74) is 4.69. The van der Waals surface area contributed by atoms with E-state index in [1.54, 1.807) is 30.6 Å². The number of carbonyl (C=O) groups excluding carboxylic acids is 2. The maximum absolute atomic E-state index is 12.7. The van der Waals surface area contributed by atoms with Gasteiger partial charge in [-0.25, -0.2) is 5.48 Å². The van der Waals surface area contributed by atoms with Crippen LogP contribution in [0.4, 0.5) is 0 Å². The standard InChI is InChI=1S/C24H30N2O5/c1-3-30-17-31-16-22(11-7-8-18(2)23(27)26-29)25-24(28)21-14-12-20(13-15-21)19-9-5-4-6-10-19/h4-6,8-10,12-15,22,29H,3,7,11,16-17H2,1-2H3,(H,25,28)(H,26,27)/b18-8+/t22-/m0/s1. The zero-order chi connectivity index (χ0) is 22.5. The molecule has 0 unspecified atom stereocenters. The van der Waals surface area contributed by atoms with Gasteiger partial charge in [0.15, 0.2) is 0 Å². The van der Waals surface area contributed by atoms with Gasteiger partial charge in [-0.1, -0.05) is 48.5 Å². The van der Waals surface area contributed by atoms with Gasteiger partial charge >= 0.3 is 0 Å². The molecule has 0 aromatic heterocycles. The first-order valence-corrected chi connectivity index (χ1v) is 10.3. The van der Waals surface area contributed by atoms with E-state index in [1.807, 2.05) is 49.4 Å². The van der Waals surface area contributed by atoms with Crippen LogP contribution in [0.2, 0.25) is 0 Å². The van der Waals surface area contributed by atoms with Crippen molar-refractivity contribution in [3.63, 3.8) is 0 Å². The van der Waals surface area contributed by atoms with Crippen molar-refractivity contribution < 1.29 is 24.3 Å². The third kappa shape index (κ3) is 8.33. The zero-order valence-corrected chi connectivity index (χ0v) is 18.0. The van der Waals surface area contributed by atoms with Gasteiger partial charge in [0.1, 0.15) is 6.79 Å². The lowest BCUT2D eigenvalue weighted by Crippen LogP contribution is -2.38. The molecule has 0 spiro atoms. The molecule has 2 amide bonds. The predicted molar refractivity (Wildman–Crippen MR) is 118 cm³/mol. The van der Waals surface area contributed by atoms with Gasteiger partial charge in [0.25, 0.3) is 11.8 Å². The number of allylic oxidation sites excluding steroid dienone is 1. The minimum atomic E-state index is -0.549. The molecule has 1 atom stereocenters. The van der Waals surface area contributed by atoms with E-state index >= 15 is 0 Å². The SMILES string of the molecule is CCOCOC[C@H](CC/C=C(\C)C(=O)NO)NC(=O)c1ccc(-c2ccccc2)cc1. The molecule has 2 aromatic carbocycles. The second-order valence-electron chi connectivity index (χ2n) is 7.00. The summed E-state index contributed by atoms with van der Waals surface area (Å²) in [5, 5.41) is 11.7. The normalized spacial score (nSPS) is 12.3. The average molecular weight is 427 g/mol. The number of amides is 2. The first-order chi connectivity index (χ1) is 15.0. The van der Waals surface area contributed by atoms with Gasteiger partial charge in [0.05, 0.1) is 12.6 Å². The Kier molecular flexibility index (Phi) is 10.4. The largest absolute Gasteiger partial charge is 0.356 e. The molecule has 0 fully saturated rings. The van der Waals surface area contributed by atoms with E-state index in [4.69, 9.17) is 14.7 Å². The van der Waals surface area contributed by atoms with Gasteiger partial charge in [-0.05, 0) is 49.9 Å². The van der Waals surface area contributed by atoms with Crippen molar-refractivity contribution >= 4 is 11.8 Å². The molecule has 0 aliphatic rings. The van der Waals surface area contributed by atoms with Crippen LogP contribution in [0.3, 0.4) is 0 Å². The quantitative estimate of drug-likeness (QED) is 0.158. The molecular weight excluding hydrogens is 396 g/mol. The fourth-order valence-corrected chi connectivity index (χ4v) is 2.93. The molecule has 3 N–H and O–H groups in total. The van der Waals surface area contributed by atoms with Gasteiger partial charge in [0, 0.05) is 17.7 Å². The van der Waals surface area contributed by atoms with Crippen molar-refractivity contribution in [3.8, 4) is 11.1 Å².